The van der Waals surface area contributed by atoms with Crippen molar-refractivity contribution in [3.05, 3.63) is 0 Å². The van der Waals surface area contributed by atoms with Gasteiger partial charge in [-0.25, -0.2) is 0 Å². The molecule has 4 N–H and O–H groups in total. The summed E-state index contributed by atoms with van der Waals surface area (Å²) < 4.78 is 0. The summed E-state index contributed by atoms with van der Waals surface area (Å²) in [6.07, 6.45) is 1.51. The molecular weight excluding hydrogens is 234 g/mol. The average molecular weight is 255 g/mol. The Morgan fingerprint density at radius 1 is 1.39 bits per heavy atom. The first-order valence-electron chi connectivity index (χ1n) is 6.33. The fourth-order valence-corrected chi connectivity index (χ4v) is 3.03. The summed E-state index contributed by atoms with van der Waals surface area (Å²) in [5.74, 6) is 0.369. The molecule has 0 spiro atoms. The van der Waals surface area contributed by atoms with Crippen LogP contribution in [0.1, 0.15) is 26.7 Å². The Bertz CT molecular complexity index is 381. The number of aliphatic hydroxyl groups excluding tert-OH is 1. The summed E-state index contributed by atoms with van der Waals surface area (Å²) in [6, 6.07) is 0. The van der Waals surface area contributed by atoms with E-state index < -0.39 is 5.41 Å². The third kappa shape index (κ3) is 1.94. The molecule has 1 heterocycles. The molecule has 102 valence electrons. The van der Waals surface area contributed by atoms with Gasteiger partial charge in [0.1, 0.15) is 5.41 Å². The van der Waals surface area contributed by atoms with Crippen LogP contribution in [-0.4, -0.2) is 46.1 Å². The Morgan fingerprint density at radius 3 is 2.61 bits per heavy atom. The number of nitrogens with two attached hydrogens (primary N) is 1. The van der Waals surface area contributed by atoms with Crippen LogP contribution in [0.2, 0.25) is 0 Å². The van der Waals surface area contributed by atoms with Crippen LogP contribution in [0.4, 0.5) is 0 Å². The lowest BCUT2D eigenvalue weighted by Gasteiger charge is -2.28. The largest absolute Gasteiger partial charge is 0.409 e. The van der Waals surface area contributed by atoms with Gasteiger partial charge in [-0.3, -0.25) is 4.79 Å². The molecule has 0 radical (unpaired) electrons. The fraction of sp³-hybridized carbons (Fsp3) is 0.833. The van der Waals surface area contributed by atoms with Crippen molar-refractivity contribution in [3.63, 3.8) is 0 Å². The molecule has 6 nitrogen and oxygen atoms in total. The number of amides is 1. The van der Waals surface area contributed by atoms with Gasteiger partial charge >= 0.3 is 0 Å². The molecule has 3 atom stereocenters. The minimum atomic E-state index is -1.00. The predicted molar refractivity (Wildman–Crippen MR) is 66.0 cm³/mol. The van der Waals surface area contributed by atoms with Crippen LogP contribution in [0, 0.1) is 17.3 Å². The van der Waals surface area contributed by atoms with Gasteiger partial charge in [-0.1, -0.05) is 5.16 Å². The molecule has 2 fully saturated rings. The Labute approximate surface area is 106 Å². The molecule has 2 aliphatic rings. The maximum absolute atomic E-state index is 12.4. The van der Waals surface area contributed by atoms with E-state index in [9.17, 15) is 9.90 Å². The van der Waals surface area contributed by atoms with Crippen molar-refractivity contribution in [2.45, 2.75) is 32.8 Å². The van der Waals surface area contributed by atoms with Gasteiger partial charge in [0.25, 0.3) is 0 Å². The number of fused-ring (bicyclic) bond motifs is 1. The minimum Gasteiger partial charge on any atom is -0.409 e. The van der Waals surface area contributed by atoms with E-state index in [1.54, 1.807) is 18.7 Å². The Balaban J connectivity index is 2.08. The summed E-state index contributed by atoms with van der Waals surface area (Å²) in [5, 5.41) is 21.5. The van der Waals surface area contributed by atoms with Crippen LogP contribution in [0.15, 0.2) is 5.16 Å². The standard InChI is InChI=1S/C12H21N3O3/c1-12(2,10(13)14-18)11(17)15-5-7-3-4-9(16)8(7)6-15/h7-9,16,18H,3-6H2,1-2H3,(H2,13,14). The molecule has 6 heteroatoms. The van der Waals surface area contributed by atoms with Crippen LogP contribution in [0.25, 0.3) is 0 Å². The van der Waals surface area contributed by atoms with E-state index in [1.165, 1.54) is 0 Å². The number of amidine groups is 1. The van der Waals surface area contributed by atoms with E-state index in [0.29, 0.717) is 19.0 Å². The molecule has 1 amide bonds. The Kier molecular flexibility index (Phi) is 3.23. The van der Waals surface area contributed by atoms with E-state index >= 15 is 0 Å². The monoisotopic (exact) mass is 255 g/mol. The van der Waals surface area contributed by atoms with Gasteiger partial charge in [-0.2, -0.15) is 0 Å². The highest BCUT2D eigenvalue weighted by Gasteiger charge is 2.46. The normalized spacial score (nSPS) is 32.7. The minimum absolute atomic E-state index is 0.0786. The second kappa shape index (κ2) is 4.42. The number of carbonyl (C=O) groups excluding carboxylic acids is 1. The summed E-state index contributed by atoms with van der Waals surface area (Å²) in [7, 11) is 0. The topological polar surface area (TPSA) is 99.2 Å². The summed E-state index contributed by atoms with van der Waals surface area (Å²) in [5.41, 5.74) is 4.56. The number of carbonyl (C=O) groups is 1. The van der Waals surface area contributed by atoms with Crippen LogP contribution in [-0.2, 0) is 4.79 Å². The first-order valence-corrected chi connectivity index (χ1v) is 6.33. The summed E-state index contributed by atoms with van der Waals surface area (Å²) in [6.45, 7) is 4.54. The number of nitrogens with zero attached hydrogens (tertiary/aromatic N) is 2. The van der Waals surface area contributed by atoms with Gasteiger partial charge in [0.05, 0.1) is 6.10 Å². The van der Waals surface area contributed by atoms with Gasteiger partial charge in [0.15, 0.2) is 5.84 Å². The first kappa shape index (κ1) is 13.1. The molecule has 2 rings (SSSR count). The van der Waals surface area contributed by atoms with Crippen molar-refractivity contribution < 1.29 is 15.1 Å². The smallest absolute Gasteiger partial charge is 0.235 e. The van der Waals surface area contributed by atoms with Crippen LogP contribution in [0.3, 0.4) is 0 Å². The van der Waals surface area contributed by atoms with E-state index in [1.807, 2.05) is 0 Å². The highest BCUT2D eigenvalue weighted by atomic mass is 16.4. The van der Waals surface area contributed by atoms with Crippen molar-refractivity contribution >= 4 is 11.7 Å². The highest BCUT2D eigenvalue weighted by Crippen LogP contribution is 2.39. The van der Waals surface area contributed by atoms with Crippen molar-refractivity contribution in [1.82, 2.24) is 4.90 Å². The number of hydrogen-bond donors (Lipinski definition) is 3. The lowest BCUT2D eigenvalue weighted by atomic mass is 9.90. The summed E-state index contributed by atoms with van der Waals surface area (Å²) in [4.78, 5) is 14.1. The van der Waals surface area contributed by atoms with E-state index in [4.69, 9.17) is 10.9 Å². The Hall–Kier alpha value is -1.30. The maximum Gasteiger partial charge on any atom is 0.235 e. The van der Waals surface area contributed by atoms with E-state index in [2.05, 4.69) is 5.16 Å². The molecular formula is C12H21N3O3. The molecule has 18 heavy (non-hydrogen) atoms. The number of rotatable bonds is 2. The second-order valence-electron chi connectivity index (χ2n) is 5.89. The number of oxime groups is 1. The maximum atomic E-state index is 12.4. The van der Waals surface area contributed by atoms with E-state index in [-0.39, 0.29) is 23.8 Å². The van der Waals surface area contributed by atoms with Gasteiger partial charge in [0.2, 0.25) is 5.91 Å². The molecule has 0 aromatic rings. The zero-order valence-corrected chi connectivity index (χ0v) is 10.8. The van der Waals surface area contributed by atoms with Crippen molar-refractivity contribution in [2.75, 3.05) is 13.1 Å². The molecule has 3 unspecified atom stereocenters. The third-order valence-electron chi connectivity index (χ3n) is 4.39. The van der Waals surface area contributed by atoms with Crippen LogP contribution < -0.4 is 5.73 Å². The lowest BCUT2D eigenvalue weighted by molar-refractivity contribution is -0.136. The fourth-order valence-electron chi connectivity index (χ4n) is 3.03. The molecule has 1 saturated carbocycles. The van der Waals surface area contributed by atoms with E-state index in [0.717, 1.165) is 12.8 Å². The second-order valence-corrected chi connectivity index (χ2v) is 5.89. The first-order chi connectivity index (χ1) is 8.37. The van der Waals surface area contributed by atoms with Gasteiger partial charge in [-0.15, -0.1) is 0 Å². The highest BCUT2D eigenvalue weighted by molar-refractivity contribution is 6.05. The molecule has 0 aromatic carbocycles. The number of hydrogen-bond acceptors (Lipinski definition) is 4. The molecule has 0 bridgehead atoms. The number of likely N-dealkylation sites (tertiary alicyclic amines) is 1. The zero-order valence-electron chi connectivity index (χ0n) is 10.8. The van der Waals surface area contributed by atoms with Crippen molar-refractivity contribution in [2.24, 2.45) is 28.1 Å². The van der Waals surface area contributed by atoms with Gasteiger partial charge < -0.3 is 20.9 Å². The van der Waals surface area contributed by atoms with Crippen molar-refractivity contribution in [3.8, 4) is 0 Å². The predicted octanol–water partition coefficient (Wildman–Crippen LogP) is -0.0117. The molecule has 1 aliphatic heterocycles. The van der Waals surface area contributed by atoms with Crippen LogP contribution >= 0.6 is 0 Å². The zero-order chi connectivity index (χ0) is 13.5. The summed E-state index contributed by atoms with van der Waals surface area (Å²) >= 11 is 0. The van der Waals surface area contributed by atoms with Crippen LogP contribution in [0.5, 0.6) is 0 Å². The number of aliphatic hydroxyl groups is 1. The van der Waals surface area contributed by atoms with Gasteiger partial charge in [-0.05, 0) is 32.6 Å². The molecule has 0 aromatic heterocycles. The molecule has 1 aliphatic carbocycles. The average Bonchev–Trinajstić information content (AvgIpc) is 2.89. The SMILES string of the molecule is CC(C)(C(=O)N1CC2CCC(O)C2C1)C(N)=NO. The molecule has 1 saturated heterocycles. The third-order valence-corrected chi connectivity index (χ3v) is 4.39. The lowest BCUT2D eigenvalue weighted by Crippen LogP contribution is -2.47. The Morgan fingerprint density at radius 2 is 2.06 bits per heavy atom. The quantitative estimate of drug-likeness (QED) is 0.280. The van der Waals surface area contributed by atoms with Gasteiger partial charge in [0, 0.05) is 19.0 Å². The van der Waals surface area contributed by atoms with Crippen molar-refractivity contribution in [1.29, 1.82) is 0 Å².